The van der Waals surface area contributed by atoms with Gasteiger partial charge in [0.2, 0.25) is 0 Å². The number of non-ortho nitro benzene ring substituents is 1. The van der Waals surface area contributed by atoms with Crippen LogP contribution in [0.1, 0.15) is 0 Å². The van der Waals surface area contributed by atoms with E-state index in [9.17, 15) is 19.3 Å². The molecule has 17 heavy (non-hydrogen) atoms. The van der Waals surface area contributed by atoms with Crippen LogP contribution in [0.3, 0.4) is 0 Å². The molecule has 0 aliphatic rings. The van der Waals surface area contributed by atoms with E-state index in [4.69, 9.17) is 4.74 Å². The minimum absolute atomic E-state index is 0.130. The molecule has 0 atom stereocenters. The van der Waals surface area contributed by atoms with Crippen LogP contribution in [-0.2, 0) is 9.53 Å². The SMILES string of the molecule is COCC(=O)COc1ccc([N+](=O)[O-])cc1F. The molecular weight excluding hydrogens is 233 g/mol. The number of benzene rings is 1. The van der Waals surface area contributed by atoms with Gasteiger partial charge in [-0.05, 0) is 6.07 Å². The molecule has 1 aromatic carbocycles. The van der Waals surface area contributed by atoms with E-state index in [1.807, 2.05) is 0 Å². The summed E-state index contributed by atoms with van der Waals surface area (Å²) in [5.41, 5.74) is -0.377. The van der Waals surface area contributed by atoms with E-state index in [1.54, 1.807) is 0 Å². The molecular formula is C10H10FNO5. The third-order valence-corrected chi connectivity index (χ3v) is 1.82. The largest absolute Gasteiger partial charge is 0.483 e. The number of ether oxygens (including phenoxy) is 2. The number of Topliss-reactive ketones (excluding diaryl/α,β-unsaturated/α-hetero) is 1. The Morgan fingerprint density at radius 2 is 2.18 bits per heavy atom. The maximum absolute atomic E-state index is 13.3. The quantitative estimate of drug-likeness (QED) is 0.556. The lowest BCUT2D eigenvalue weighted by atomic mass is 10.3. The summed E-state index contributed by atoms with van der Waals surface area (Å²) in [5, 5.41) is 10.3. The minimum atomic E-state index is -0.885. The van der Waals surface area contributed by atoms with Crippen LogP contribution in [0.15, 0.2) is 18.2 Å². The molecule has 0 heterocycles. The van der Waals surface area contributed by atoms with Gasteiger partial charge in [0.05, 0.1) is 11.0 Å². The molecule has 0 amide bonds. The molecule has 7 heteroatoms. The van der Waals surface area contributed by atoms with Crippen molar-refractivity contribution in [1.82, 2.24) is 0 Å². The Labute approximate surface area is 96.1 Å². The Balaban J connectivity index is 2.66. The molecule has 0 unspecified atom stereocenters. The molecule has 6 nitrogen and oxygen atoms in total. The lowest BCUT2D eigenvalue weighted by Gasteiger charge is -2.05. The highest BCUT2D eigenvalue weighted by Crippen LogP contribution is 2.22. The summed E-state index contributed by atoms with van der Waals surface area (Å²) in [6, 6.07) is 2.93. The van der Waals surface area contributed by atoms with Crippen LogP contribution in [0.5, 0.6) is 5.75 Å². The minimum Gasteiger partial charge on any atom is -0.483 e. The number of nitro benzene ring substituents is 1. The maximum atomic E-state index is 13.3. The van der Waals surface area contributed by atoms with Crippen LogP contribution < -0.4 is 4.74 Å². The first-order valence-corrected chi connectivity index (χ1v) is 4.62. The highest BCUT2D eigenvalue weighted by Gasteiger charge is 2.12. The first-order chi connectivity index (χ1) is 8.04. The molecule has 0 aliphatic heterocycles. The molecule has 0 saturated carbocycles. The van der Waals surface area contributed by atoms with Crippen LogP contribution >= 0.6 is 0 Å². The summed E-state index contributed by atoms with van der Waals surface area (Å²) >= 11 is 0. The highest BCUT2D eigenvalue weighted by atomic mass is 19.1. The highest BCUT2D eigenvalue weighted by molar-refractivity contribution is 5.81. The second-order valence-electron chi connectivity index (χ2n) is 3.13. The summed E-state index contributed by atoms with van der Waals surface area (Å²) in [7, 11) is 1.35. The van der Waals surface area contributed by atoms with Crippen molar-refractivity contribution in [2.45, 2.75) is 0 Å². The standard InChI is InChI=1S/C10H10FNO5/c1-16-5-8(13)6-17-10-3-2-7(12(14)15)4-9(10)11/h2-4H,5-6H2,1H3. The Morgan fingerprint density at radius 3 is 2.71 bits per heavy atom. The van der Waals surface area contributed by atoms with Crippen molar-refractivity contribution in [3.05, 3.63) is 34.1 Å². The van der Waals surface area contributed by atoms with Gasteiger partial charge in [0.25, 0.3) is 5.69 Å². The summed E-state index contributed by atoms with van der Waals surface area (Å²) < 4.78 is 22.7. The Morgan fingerprint density at radius 1 is 1.47 bits per heavy atom. The zero-order chi connectivity index (χ0) is 12.8. The van der Waals surface area contributed by atoms with Crippen molar-refractivity contribution in [3.63, 3.8) is 0 Å². The fraction of sp³-hybridized carbons (Fsp3) is 0.300. The molecule has 0 N–H and O–H groups in total. The number of carbonyl (C=O) groups is 1. The van der Waals surface area contributed by atoms with Crippen molar-refractivity contribution < 1.29 is 23.6 Å². The normalized spacial score (nSPS) is 10.0. The van der Waals surface area contributed by atoms with Crippen molar-refractivity contribution >= 4 is 11.5 Å². The molecule has 1 aromatic rings. The lowest BCUT2D eigenvalue weighted by Crippen LogP contribution is -2.16. The number of ketones is 1. The number of hydrogen-bond acceptors (Lipinski definition) is 5. The van der Waals surface area contributed by atoms with Gasteiger partial charge in [0.15, 0.2) is 17.3 Å². The van der Waals surface area contributed by atoms with Gasteiger partial charge in [-0.15, -0.1) is 0 Å². The van der Waals surface area contributed by atoms with Gasteiger partial charge in [-0.25, -0.2) is 4.39 Å². The van der Waals surface area contributed by atoms with E-state index in [2.05, 4.69) is 4.74 Å². The van der Waals surface area contributed by atoms with Gasteiger partial charge in [0, 0.05) is 13.2 Å². The number of halogens is 1. The summed E-state index contributed by atoms with van der Waals surface area (Å²) in [5.74, 6) is -1.45. The second kappa shape index (κ2) is 5.90. The molecule has 0 aliphatic carbocycles. The molecule has 0 spiro atoms. The number of nitrogens with zero attached hydrogens (tertiary/aromatic N) is 1. The molecule has 0 bridgehead atoms. The van der Waals surface area contributed by atoms with Crippen LogP contribution in [-0.4, -0.2) is 31.0 Å². The average Bonchev–Trinajstić information content (AvgIpc) is 2.27. The van der Waals surface area contributed by atoms with Gasteiger partial charge < -0.3 is 9.47 Å². The Bertz CT molecular complexity index is 435. The summed E-state index contributed by atoms with van der Waals surface area (Å²) in [6.45, 7) is -0.475. The van der Waals surface area contributed by atoms with E-state index < -0.39 is 10.7 Å². The van der Waals surface area contributed by atoms with Crippen LogP contribution in [0.2, 0.25) is 0 Å². The van der Waals surface area contributed by atoms with E-state index in [1.165, 1.54) is 7.11 Å². The van der Waals surface area contributed by atoms with Crippen molar-refractivity contribution in [2.24, 2.45) is 0 Å². The number of nitro groups is 1. The molecule has 0 saturated heterocycles. The van der Waals surface area contributed by atoms with Gasteiger partial charge >= 0.3 is 0 Å². The summed E-state index contributed by atoms with van der Waals surface area (Å²) in [6.07, 6.45) is 0. The smallest absolute Gasteiger partial charge is 0.272 e. The third kappa shape index (κ3) is 3.80. The van der Waals surface area contributed by atoms with Gasteiger partial charge in [-0.3, -0.25) is 14.9 Å². The molecule has 0 radical (unpaired) electrons. The molecule has 1 rings (SSSR count). The summed E-state index contributed by atoms with van der Waals surface area (Å²) in [4.78, 5) is 20.6. The van der Waals surface area contributed by atoms with E-state index in [0.717, 1.165) is 18.2 Å². The van der Waals surface area contributed by atoms with E-state index >= 15 is 0 Å². The van der Waals surface area contributed by atoms with Gasteiger partial charge in [-0.2, -0.15) is 0 Å². The first-order valence-electron chi connectivity index (χ1n) is 4.62. The maximum Gasteiger partial charge on any atom is 0.272 e. The number of rotatable bonds is 6. The van der Waals surface area contributed by atoms with Crippen molar-refractivity contribution in [2.75, 3.05) is 20.3 Å². The molecule has 0 fully saturated rings. The fourth-order valence-corrected chi connectivity index (χ4v) is 1.08. The zero-order valence-electron chi connectivity index (χ0n) is 9.01. The van der Waals surface area contributed by atoms with Crippen molar-refractivity contribution in [1.29, 1.82) is 0 Å². The van der Waals surface area contributed by atoms with E-state index in [-0.39, 0.29) is 30.4 Å². The third-order valence-electron chi connectivity index (χ3n) is 1.82. The van der Waals surface area contributed by atoms with Crippen LogP contribution in [0.4, 0.5) is 10.1 Å². The molecule has 0 aromatic heterocycles. The second-order valence-corrected chi connectivity index (χ2v) is 3.13. The number of methoxy groups -OCH3 is 1. The molecule has 92 valence electrons. The van der Waals surface area contributed by atoms with Gasteiger partial charge in [0.1, 0.15) is 13.2 Å². The average molecular weight is 243 g/mol. The predicted octanol–water partition coefficient (Wildman–Crippen LogP) is 1.33. The van der Waals surface area contributed by atoms with Crippen LogP contribution in [0.25, 0.3) is 0 Å². The number of hydrogen-bond donors (Lipinski definition) is 0. The van der Waals surface area contributed by atoms with Crippen LogP contribution in [0, 0.1) is 15.9 Å². The number of carbonyl (C=O) groups excluding carboxylic acids is 1. The zero-order valence-corrected chi connectivity index (χ0v) is 9.01. The van der Waals surface area contributed by atoms with Crippen molar-refractivity contribution in [3.8, 4) is 5.75 Å². The Kier molecular flexibility index (Phi) is 4.53. The first kappa shape index (κ1) is 13.0. The predicted molar refractivity (Wildman–Crippen MR) is 55.4 cm³/mol. The topological polar surface area (TPSA) is 78.7 Å². The van der Waals surface area contributed by atoms with E-state index in [0.29, 0.717) is 0 Å². The fourth-order valence-electron chi connectivity index (χ4n) is 1.08. The lowest BCUT2D eigenvalue weighted by molar-refractivity contribution is -0.385. The Hall–Kier alpha value is -2.02. The monoisotopic (exact) mass is 243 g/mol. The van der Waals surface area contributed by atoms with Gasteiger partial charge in [-0.1, -0.05) is 0 Å².